The van der Waals surface area contributed by atoms with Crippen LogP contribution in [0.3, 0.4) is 0 Å². The Kier molecular flexibility index (Phi) is 3.45. The standard InChI is InChI=1S/C9H14N2OS/c1-6(10)9(12)11-7(2)8-3-4-13-5-8/h3-7H,10H2,1-2H3,(H,11,12)/t6-,7?/m1/s1. The Labute approximate surface area is 81.9 Å². The molecule has 4 heteroatoms. The average molecular weight is 198 g/mol. The fraction of sp³-hybridized carbons (Fsp3) is 0.444. The SMILES string of the molecule is CC(NC(=O)[C@@H](C)N)c1ccsc1. The lowest BCUT2D eigenvalue weighted by Gasteiger charge is -2.14. The molecule has 1 aromatic heterocycles. The molecule has 1 heterocycles. The highest BCUT2D eigenvalue weighted by molar-refractivity contribution is 7.07. The zero-order valence-corrected chi connectivity index (χ0v) is 8.60. The van der Waals surface area contributed by atoms with E-state index in [9.17, 15) is 4.79 Å². The van der Waals surface area contributed by atoms with E-state index in [-0.39, 0.29) is 11.9 Å². The van der Waals surface area contributed by atoms with Crippen molar-refractivity contribution in [3.05, 3.63) is 22.4 Å². The first-order valence-electron chi connectivity index (χ1n) is 4.19. The molecule has 1 aromatic rings. The average Bonchev–Trinajstić information content (AvgIpc) is 2.55. The highest BCUT2D eigenvalue weighted by Gasteiger charge is 2.12. The number of thiophene rings is 1. The Hall–Kier alpha value is -0.870. The molecule has 0 fully saturated rings. The number of hydrogen-bond acceptors (Lipinski definition) is 3. The summed E-state index contributed by atoms with van der Waals surface area (Å²) in [4.78, 5) is 11.2. The summed E-state index contributed by atoms with van der Waals surface area (Å²) in [6, 6.07) is 1.60. The summed E-state index contributed by atoms with van der Waals surface area (Å²) >= 11 is 1.62. The van der Waals surface area contributed by atoms with Crippen LogP contribution in [0.4, 0.5) is 0 Å². The van der Waals surface area contributed by atoms with Crippen LogP contribution < -0.4 is 11.1 Å². The Morgan fingerprint density at radius 3 is 2.77 bits per heavy atom. The molecule has 0 aromatic carbocycles. The molecule has 0 aliphatic heterocycles. The third-order valence-corrected chi connectivity index (χ3v) is 2.52. The van der Waals surface area contributed by atoms with Gasteiger partial charge in [-0.05, 0) is 36.2 Å². The molecule has 1 unspecified atom stereocenters. The van der Waals surface area contributed by atoms with Crippen LogP contribution in [0.2, 0.25) is 0 Å². The van der Waals surface area contributed by atoms with Crippen LogP contribution in [-0.4, -0.2) is 11.9 Å². The molecule has 1 rings (SSSR count). The topological polar surface area (TPSA) is 55.1 Å². The maximum absolute atomic E-state index is 11.2. The summed E-state index contributed by atoms with van der Waals surface area (Å²) in [5.74, 6) is -0.112. The third-order valence-electron chi connectivity index (χ3n) is 1.82. The third kappa shape index (κ3) is 2.82. The Morgan fingerprint density at radius 2 is 2.31 bits per heavy atom. The van der Waals surface area contributed by atoms with E-state index in [1.807, 2.05) is 23.8 Å². The van der Waals surface area contributed by atoms with E-state index in [0.717, 1.165) is 5.56 Å². The van der Waals surface area contributed by atoms with Gasteiger partial charge in [0.2, 0.25) is 5.91 Å². The van der Waals surface area contributed by atoms with Crippen molar-refractivity contribution in [2.75, 3.05) is 0 Å². The zero-order valence-electron chi connectivity index (χ0n) is 7.78. The molecular formula is C9H14N2OS. The van der Waals surface area contributed by atoms with Crippen LogP contribution in [0.25, 0.3) is 0 Å². The van der Waals surface area contributed by atoms with Gasteiger partial charge in [0, 0.05) is 0 Å². The molecule has 0 bridgehead atoms. The molecule has 3 N–H and O–H groups in total. The van der Waals surface area contributed by atoms with E-state index in [2.05, 4.69) is 5.32 Å². The van der Waals surface area contributed by atoms with Crippen LogP contribution >= 0.6 is 11.3 Å². The van der Waals surface area contributed by atoms with Crippen molar-refractivity contribution in [3.63, 3.8) is 0 Å². The number of amides is 1. The fourth-order valence-corrected chi connectivity index (χ4v) is 1.70. The van der Waals surface area contributed by atoms with Crippen LogP contribution in [-0.2, 0) is 4.79 Å². The van der Waals surface area contributed by atoms with Crippen LogP contribution in [0, 0.1) is 0 Å². The highest BCUT2D eigenvalue weighted by Crippen LogP contribution is 2.15. The van der Waals surface area contributed by atoms with Gasteiger partial charge in [-0.1, -0.05) is 0 Å². The van der Waals surface area contributed by atoms with E-state index in [1.54, 1.807) is 18.3 Å². The van der Waals surface area contributed by atoms with Gasteiger partial charge in [0.05, 0.1) is 12.1 Å². The van der Waals surface area contributed by atoms with Crippen LogP contribution in [0.5, 0.6) is 0 Å². The van der Waals surface area contributed by atoms with E-state index in [4.69, 9.17) is 5.73 Å². The number of carbonyl (C=O) groups excluding carboxylic acids is 1. The summed E-state index contributed by atoms with van der Waals surface area (Å²) in [5.41, 5.74) is 6.55. The van der Waals surface area contributed by atoms with Gasteiger partial charge in [0.15, 0.2) is 0 Å². The second-order valence-electron chi connectivity index (χ2n) is 3.08. The van der Waals surface area contributed by atoms with Gasteiger partial charge in [0.25, 0.3) is 0 Å². The first-order chi connectivity index (χ1) is 6.11. The first kappa shape index (κ1) is 10.2. The Bertz CT molecular complexity index is 269. The first-order valence-corrected chi connectivity index (χ1v) is 5.13. The lowest BCUT2D eigenvalue weighted by atomic mass is 10.2. The predicted octanol–water partition coefficient (Wildman–Crippen LogP) is 1.27. The maximum atomic E-state index is 11.2. The molecule has 3 nitrogen and oxygen atoms in total. The maximum Gasteiger partial charge on any atom is 0.237 e. The number of carbonyl (C=O) groups is 1. The van der Waals surface area contributed by atoms with Gasteiger partial charge < -0.3 is 11.1 Å². The molecule has 0 radical (unpaired) electrons. The molecule has 2 atom stereocenters. The molecule has 72 valence electrons. The molecule has 0 saturated carbocycles. The molecule has 0 spiro atoms. The minimum absolute atomic E-state index is 0.0461. The molecule has 13 heavy (non-hydrogen) atoms. The van der Waals surface area contributed by atoms with Gasteiger partial charge in [-0.15, -0.1) is 0 Å². The monoisotopic (exact) mass is 198 g/mol. The van der Waals surface area contributed by atoms with E-state index in [0.29, 0.717) is 0 Å². The molecule has 1 amide bonds. The summed E-state index contributed by atoms with van der Waals surface area (Å²) in [6.07, 6.45) is 0. The van der Waals surface area contributed by atoms with E-state index in [1.165, 1.54) is 0 Å². The zero-order chi connectivity index (χ0) is 9.84. The molecule has 0 aliphatic carbocycles. The fourth-order valence-electron chi connectivity index (χ4n) is 0.950. The van der Waals surface area contributed by atoms with Crippen molar-refractivity contribution >= 4 is 17.2 Å². The minimum atomic E-state index is -0.443. The largest absolute Gasteiger partial charge is 0.348 e. The van der Waals surface area contributed by atoms with Gasteiger partial charge in [-0.25, -0.2) is 0 Å². The molecular weight excluding hydrogens is 184 g/mol. The normalized spacial score (nSPS) is 15.0. The van der Waals surface area contributed by atoms with Crippen LogP contribution in [0.1, 0.15) is 25.5 Å². The minimum Gasteiger partial charge on any atom is -0.348 e. The lowest BCUT2D eigenvalue weighted by molar-refractivity contribution is -0.122. The number of hydrogen-bond donors (Lipinski definition) is 2. The summed E-state index contributed by atoms with van der Waals surface area (Å²) < 4.78 is 0. The summed E-state index contributed by atoms with van der Waals surface area (Å²) in [7, 11) is 0. The van der Waals surface area contributed by atoms with Gasteiger partial charge in [0.1, 0.15) is 0 Å². The van der Waals surface area contributed by atoms with Gasteiger partial charge in [-0.2, -0.15) is 11.3 Å². The molecule has 0 aliphatic rings. The second-order valence-corrected chi connectivity index (χ2v) is 3.86. The Balaban J connectivity index is 2.51. The molecule has 0 saturated heterocycles. The van der Waals surface area contributed by atoms with Crippen molar-refractivity contribution < 1.29 is 4.79 Å². The van der Waals surface area contributed by atoms with Crippen molar-refractivity contribution in [2.24, 2.45) is 5.73 Å². The summed E-state index contributed by atoms with van der Waals surface area (Å²) in [5, 5.41) is 6.83. The van der Waals surface area contributed by atoms with E-state index < -0.39 is 6.04 Å². The van der Waals surface area contributed by atoms with Crippen molar-refractivity contribution in [1.82, 2.24) is 5.32 Å². The number of nitrogens with two attached hydrogens (primary N) is 1. The quantitative estimate of drug-likeness (QED) is 0.768. The van der Waals surface area contributed by atoms with Crippen molar-refractivity contribution in [3.8, 4) is 0 Å². The number of nitrogens with one attached hydrogen (secondary N) is 1. The highest BCUT2D eigenvalue weighted by atomic mass is 32.1. The predicted molar refractivity (Wildman–Crippen MR) is 54.5 cm³/mol. The number of rotatable bonds is 3. The second kappa shape index (κ2) is 4.39. The van der Waals surface area contributed by atoms with Gasteiger partial charge in [-0.3, -0.25) is 4.79 Å². The lowest BCUT2D eigenvalue weighted by Crippen LogP contribution is -2.39. The van der Waals surface area contributed by atoms with Crippen molar-refractivity contribution in [1.29, 1.82) is 0 Å². The van der Waals surface area contributed by atoms with Crippen LogP contribution in [0.15, 0.2) is 16.8 Å². The smallest absolute Gasteiger partial charge is 0.237 e. The summed E-state index contributed by atoms with van der Waals surface area (Å²) in [6.45, 7) is 3.62. The van der Waals surface area contributed by atoms with Crippen molar-refractivity contribution in [2.45, 2.75) is 25.9 Å². The Morgan fingerprint density at radius 1 is 1.62 bits per heavy atom. The van der Waals surface area contributed by atoms with Gasteiger partial charge >= 0.3 is 0 Å². The van der Waals surface area contributed by atoms with E-state index >= 15 is 0 Å².